The molecule has 374 valence electrons. The molecule has 0 spiro atoms. The first kappa shape index (κ1) is 62.1. The number of ether oxygens (including phenoxy) is 3. The maximum Gasteiger partial charge on any atom is 0.306 e. The second-order valence-electron chi connectivity index (χ2n) is 17.4. The van der Waals surface area contributed by atoms with Gasteiger partial charge in [-0.25, -0.2) is 0 Å². The van der Waals surface area contributed by atoms with Crippen LogP contribution in [0.25, 0.3) is 0 Å². The summed E-state index contributed by atoms with van der Waals surface area (Å²) in [6.45, 7) is 6.33. The summed E-state index contributed by atoms with van der Waals surface area (Å²) in [4.78, 5) is 38.1. The number of carbonyl (C=O) groups is 3. The van der Waals surface area contributed by atoms with Crippen LogP contribution < -0.4 is 0 Å². The van der Waals surface area contributed by atoms with Gasteiger partial charge in [-0.15, -0.1) is 0 Å². The van der Waals surface area contributed by atoms with Crippen LogP contribution in [0.1, 0.15) is 233 Å². The van der Waals surface area contributed by atoms with E-state index in [1.807, 2.05) is 0 Å². The van der Waals surface area contributed by atoms with E-state index in [0.717, 1.165) is 128 Å². The lowest BCUT2D eigenvalue weighted by Gasteiger charge is -2.18. The van der Waals surface area contributed by atoms with Crippen LogP contribution in [0.5, 0.6) is 0 Å². The van der Waals surface area contributed by atoms with Gasteiger partial charge in [0, 0.05) is 19.3 Å². The number of esters is 3. The third kappa shape index (κ3) is 51.1. The van der Waals surface area contributed by atoms with E-state index in [0.29, 0.717) is 19.3 Å². The van der Waals surface area contributed by atoms with Crippen molar-refractivity contribution < 1.29 is 28.6 Å². The van der Waals surface area contributed by atoms with Crippen LogP contribution in [0.15, 0.2) is 109 Å². The molecule has 1 unspecified atom stereocenters. The molecule has 0 fully saturated rings. The molecular formula is C60H98O6. The zero-order chi connectivity index (χ0) is 47.9. The van der Waals surface area contributed by atoms with Crippen molar-refractivity contribution in [2.75, 3.05) is 13.2 Å². The van der Waals surface area contributed by atoms with Crippen molar-refractivity contribution in [1.82, 2.24) is 0 Å². The summed E-state index contributed by atoms with van der Waals surface area (Å²) < 4.78 is 16.8. The molecule has 6 nitrogen and oxygen atoms in total. The highest BCUT2D eigenvalue weighted by atomic mass is 16.6. The third-order valence-electron chi connectivity index (χ3n) is 11.1. The van der Waals surface area contributed by atoms with Gasteiger partial charge >= 0.3 is 17.9 Å². The normalized spacial score (nSPS) is 13.0. The Bertz CT molecular complexity index is 1370. The number of unbranched alkanes of at least 4 members (excludes halogenated alkanes) is 20. The highest BCUT2D eigenvalue weighted by Gasteiger charge is 2.19. The summed E-state index contributed by atoms with van der Waals surface area (Å²) >= 11 is 0. The van der Waals surface area contributed by atoms with Crippen molar-refractivity contribution in [1.29, 1.82) is 0 Å². The molecule has 6 heteroatoms. The predicted molar refractivity (Wildman–Crippen MR) is 283 cm³/mol. The number of rotatable bonds is 47. The minimum Gasteiger partial charge on any atom is -0.462 e. The molecule has 1 atom stereocenters. The van der Waals surface area contributed by atoms with Gasteiger partial charge in [-0.2, -0.15) is 0 Å². The van der Waals surface area contributed by atoms with Crippen molar-refractivity contribution in [3.05, 3.63) is 109 Å². The average Bonchev–Trinajstić information content (AvgIpc) is 3.31. The van der Waals surface area contributed by atoms with E-state index in [1.165, 1.54) is 64.2 Å². The Kier molecular flexibility index (Phi) is 50.5. The number of hydrogen-bond acceptors (Lipinski definition) is 6. The van der Waals surface area contributed by atoms with E-state index in [1.54, 1.807) is 0 Å². The molecule has 0 saturated heterocycles. The number of allylic oxidation sites excluding steroid dienone is 18. The highest BCUT2D eigenvalue weighted by Crippen LogP contribution is 2.13. The summed E-state index contributed by atoms with van der Waals surface area (Å²) in [5.74, 6) is -0.966. The first-order valence-corrected chi connectivity index (χ1v) is 26.9. The van der Waals surface area contributed by atoms with Crippen LogP contribution in [0.3, 0.4) is 0 Å². The van der Waals surface area contributed by atoms with Crippen LogP contribution in [-0.2, 0) is 28.6 Å². The molecular weight excluding hydrogens is 817 g/mol. The van der Waals surface area contributed by atoms with Crippen LogP contribution in [0.4, 0.5) is 0 Å². The summed E-state index contributed by atoms with van der Waals surface area (Å²) in [6.07, 6.45) is 72.1. The number of carbonyl (C=O) groups excluding carboxylic acids is 3. The smallest absolute Gasteiger partial charge is 0.306 e. The summed E-state index contributed by atoms with van der Waals surface area (Å²) in [5, 5.41) is 0. The second-order valence-corrected chi connectivity index (χ2v) is 17.4. The molecule has 0 bridgehead atoms. The fourth-order valence-electron chi connectivity index (χ4n) is 7.05. The molecule has 0 aromatic carbocycles. The molecule has 0 aromatic rings. The summed E-state index contributed by atoms with van der Waals surface area (Å²) in [6, 6.07) is 0. The largest absolute Gasteiger partial charge is 0.462 e. The Morgan fingerprint density at radius 2 is 0.667 bits per heavy atom. The average molecular weight is 915 g/mol. The Morgan fingerprint density at radius 1 is 0.333 bits per heavy atom. The fourth-order valence-corrected chi connectivity index (χ4v) is 7.05. The van der Waals surface area contributed by atoms with E-state index in [2.05, 4.69) is 130 Å². The van der Waals surface area contributed by atoms with Gasteiger partial charge in [0.2, 0.25) is 0 Å². The lowest BCUT2D eigenvalue weighted by atomic mass is 10.1. The topological polar surface area (TPSA) is 78.9 Å². The molecule has 0 aromatic heterocycles. The molecule has 0 saturated carbocycles. The van der Waals surface area contributed by atoms with E-state index >= 15 is 0 Å². The molecule has 0 aliphatic carbocycles. The van der Waals surface area contributed by atoms with E-state index in [-0.39, 0.29) is 31.1 Å². The quantitative estimate of drug-likeness (QED) is 0.0199. The molecule has 0 aliphatic heterocycles. The molecule has 0 heterocycles. The van der Waals surface area contributed by atoms with Gasteiger partial charge in [0.05, 0.1) is 0 Å². The molecule has 0 aliphatic rings. The molecule has 0 amide bonds. The van der Waals surface area contributed by atoms with Crippen molar-refractivity contribution in [3.63, 3.8) is 0 Å². The van der Waals surface area contributed by atoms with Crippen LogP contribution in [-0.4, -0.2) is 37.2 Å². The Labute approximate surface area is 406 Å². The minimum atomic E-state index is -0.806. The third-order valence-corrected chi connectivity index (χ3v) is 11.1. The van der Waals surface area contributed by atoms with Crippen molar-refractivity contribution in [2.45, 2.75) is 239 Å². The lowest BCUT2D eigenvalue weighted by molar-refractivity contribution is -0.167. The van der Waals surface area contributed by atoms with Gasteiger partial charge in [0.15, 0.2) is 6.10 Å². The Morgan fingerprint density at radius 3 is 1.12 bits per heavy atom. The Hall–Kier alpha value is -3.93. The van der Waals surface area contributed by atoms with E-state index < -0.39 is 6.10 Å². The fraction of sp³-hybridized carbons (Fsp3) is 0.650. The number of hydrogen-bond donors (Lipinski definition) is 0. The van der Waals surface area contributed by atoms with Crippen molar-refractivity contribution in [3.8, 4) is 0 Å². The SMILES string of the molecule is CC\C=C/C=C\C=C/CCCCCCCCCC(=O)OC(COC(=O)CCCCC/C=C\C/C=C\C/C=C\C/C=C\C/C=C\CC)COC(=O)CCCCC/C=C\CCCCCCCCC. The molecule has 66 heavy (non-hydrogen) atoms. The van der Waals surface area contributed by atoms with Gasteiger partial charge in [0.25, 0.3) is 0 Å². The van der Waals surface area contributed by atoms with E-state index in [4.69, 9.17) is 14.2 Å². The van der Waals surface area contributed by atoms with Crippen LogP contribution in [0.2, 0.25) is 0 Å². The van der Waals surface area contributed by atoms with E-state index in [9.17, 15) is 14.4 Å². The summed E-state index contributed by atoms with van der Waals surface area (Å²) in [7, 11) is 0. The van der Waals surface area contributed by atoms with Gasteiger partial charge in [-0.3, -0.25) is 14.4 Å². The Balaban J connectivity index is 4.49. The van der Waals surface area contributed by atoms with Crippen molar-refractivity contribution >= 4 is 17.9 Å². The summed E-state index contributed by atoms with van der Waals surface area (Å²) in [5.41, 5.74) is 0. The van der Waals surface area contributed by atoms with Gasteiger partial charge in [-0.1, -0.05) is 214 Å². The maximum absolute atomic E-state index is 12.8. The molecule has 0 radical (unpaired) electrons. The first-order chi connectivity index (χ1) is 32.5. The van der Waals surface area contributed by atoms with Crippen LogP contribution >= 0.6 is 0 Å². The van der Waals surface area contributed by atoms with Crippen LogP contribution in [0, 0.1) is 0 Å². The lowest BCUT2D eigenvalue weighted by Crippen LogP contribution is -2.30. The second kappa shape index (κ2) is 53.7. The predicted octanol–water partition coefficient (Wildman–Crippen LogP) is 17.9. The van der Waals surface area contributed by atoms with Gasteiger partial charge < -0.3 is 14.2 Å². The van der Waals surface area contributed by atoms with Gasteiger partial charge in [-0.05, 0) is 109 Å². The zero-order valence-corrected chi connectivity index (χ0v) is 42.7. The first-order valence-electron chi connectivity index (χ1n) is 26.9. The highest BCUT2D eigenvalue weighted by molar-refractivity contribution is 5.71. The monoisotopic (exact) mass is 915 g/mol. The van der Waals surface area contributed by atoms with Crippen molar-refractivity contribution in [2.24, 2.45) is 0 Å². The standard InChI is InChI=1S/C60H98O6/c1-4-7-10-13-16-19-22-25-28-29-30-31-33-35-38-41-44-47-50-53-59(62)65-56-57(55-64-58(61)52-49-46-43-40-37-34-27-24-21-18-15-12-9-6-3)66-60(63)54-51-48-45-42-39-36-32-26-23-20-17-14-11-8-5-2/h7-8,10-11,14,16-17,19-20,23,25,28,30-31,34-35,37-38,57H,4-6,9,12-13,15,18,21-22,24,26-27,29,32-33,36,39-56H2,1-3H3/b10-7-,11-8-,17-14-,19-16-,23-20-,28-25-,31-30-,37-34-,38-35-. The zero-order valence-electron chi connectivity index (χ0n) is 42.7. The maximum atomic E-state index is 12.8. The molecule has 0 rings (SSSR count). The van der Waals surface area contributed by atoms with Gasteiger partial charge in [0.1, 0.15) is 13.2 Å². The minimum absolute atomic E-state index is 0.103. The molecule has 0 N–H and O–H groups in total.